The molecule has 0 atom stereocenters. The van der Waals surface area contributed by atoms with E-state index in [9.17, 15) is 14.4 Å². The van der Waals surface area contributed by atoms with E-state index >= 15 is 0 Å². The van der Waals surface area contributed by atoms with Crippen molar-refractivity contribution in [2.75, 3.05) is 44.3 Å². The zero-order valence-electron chi connectivity index (χ0n) is 13.0. The lowest BCUT2D eigenvalue weighted by Gasteiger charge is -2.37. The Morgan fingerprint density at radius 1 is 0.957 bits per heavy atom. The fourth-order valence-electron chi connectivity index (χ4n) is 2.86. The van der Waals surface area contributed by atoms with Gasteiger partial charge >= 0.3 is 17.8 Å². The Balaban J connectivity index is 1.58. The largest absolute Gasteiger partial charge is 0.369 e. The van der Waals surface area contributed by atoms with E-state index in [1.807, 2.05) is 17.0 Å². The summed E-state index contributed by atoms with van der Waals surface area (Å²) in [5.74, 6) is -1.46. The highest BCUT2D eigenvalue weighted by atomic mass is 16.2. The van der Waals surface area contributed by atoms with E-state index in [4.69, 9.17) is 0 Å². The van der Waals surface area contributed by atoms with E-state index < -0.39 is 17.8 Å². The monoisotopic (exact) mass is 317 g/mol. The maximum Gasteiger partial charge on any atom is 0.335 e. The molecule has 122 valence electrons. The van der Waals surface area contributed by atoms with Crippen molar-refractivity contribution in [1.82, 2.24) is 19.7 Å². The van der Waals surface area contributed by atoms with E-state index in [1.54, 1.807) is 19.3 Å². The lowest BCUT2D eigenvalue weighted by Crippen LogP contribution is -2.51. The molecule has 0 aliphatic carbocycles. The van der Waals surface area contributed by atoms with Crippen LogP contribution >= 0.6 is 0 Å². The first-order valence-corrected chi connectivity index (χ1v) is 7.66. The van der Waals surface area contributed by atoms with Crippen LogP contribution in [0.15, 0.2) is 24.5 Å². The highest BCUT2D eigenvalue weighted by Gasteiger charge is 2.44. The van der Waals surface area contributed by atoms with E-state index in [-0.39, 0.29) is 13.2 Å². The van der Waals surface area contributed by atoms with Gasteiger partial charge in [0.25, 0.3) is 0 Å². The Morgan fingerprint density at radius 2 is 1.57 bits per heavy atom. The highest BCUT2D eigenvalue weighted by molar-refractivity contribution is 6.44. The number of piperazine rings is 1. The van der Waals surface area contributed by atoms with E-state index in [0.29, 0.717) is 0 Å². The lowest BCUT2D eigenvalue weighted by atomic mass is 10.3. The second-order valence-corrected chi connectivity index (χ2v) is 5.52. The van der Waals surface area contributed by atoms with Crippen molar-refractivity contribution >= 4 is 23.5 Å². The van der Waals surface area contributed by atoms with Gasteiger partial charge in [0.05, 0.1) is 6.67 Å². The van der Waals surface area contributed by atoms with E-state index in [1.165, 1.54) is 0 Å². The number of urea groups is 1. The van der Waals surface area contributed by atoms with Gasteiger partial charge in [-0.05, 0) is 19.1 Å². The van der Waals surface area contributed by atoms with Crippen LogP contribution in [0.25, 0.3) is 0 Å². The predicted octanol–water partition coefficient (Wildman–Crippen LogP) is -0.0282. The molecule has 0 N–H and O–H groups in total. The van der Waals surface area contributed by atoms with Crippen molar-refractivity contribution in [2.45, 2.75) is 6.92 Å². The first-order chi connectivity index (χ1) is 11.1. The number of hydrogen-bond donors (Lipinski definition) is 0. The number of carbonyl (C=O) groups excluding carboxylic acids is 3. The number of likely N-dealkylation sites (N-methyl/N-ethyl adjacent to an activating group) is 1. The molecule has 0 unspecified atom stereocenters. The van der Waals surface area contributed by atoms with Crippen LogP contribution in [0.3, 0.4) is 0 Å². The molecule has 0 radical (unpaired) electrons. The van der Waals surface area contributed by atoms with Gasteiger partial charge in [0.2, 0.25) is 0 Å². The van der Waals surface area contributed by atoms with Crippen LogP contribution in [0.4, 0.5) is 10.5 Å². The van der Waals surface area contributed by atoms with Gasteiger partial charge in [-0.2, -0.15) is 0 Å². The summed E-state index contributed by atoms with van der Waals surface area (Å²) < 4.78 is 0. The molecule has 2 aliphatic rings. The molecule has 2 fully saturated rings. The topological polar surface area (TPSA) is 77.1 Å². The van der Waals surface area contributed by atoms with Crippen molar-refractivity contribution in [1.29, 1.82) is 0 Å². The van der Waals surface area contributed by atoms with Crippen molar-refractivity contribution in [3.8, 4) is 0 Å². The number of amides is 4. The number of rotatable bonds is 4. The molecular formula is C15H19N5O3. The molecular weight excluding hydrogens is 298 g/mol. The third-order valence-corrected chi connectivity index (χ3v) is 4.19. The molecule has 2 aliphatic heterocycles. The van der Waals surface area contributed by atoms with Gasteiger partial charge in [-0.1, -0.05) is 0 Å². The Labute approximate surface area is 134 Å². The number of hydrogen-bond acceptors (Lipinski definition) is 6. The molecule has 3 heterocycles. The summed E-state index contributed by atoms with van der Waals surface area (Å²) in [5.41, 5.74) is 1.11. The van der Waals surface area contributed by atoms with Crippen molar-refractivity contribution < 1.29 is 14.4 Å². The molecule has 1 aromatic heterocycles. The smallest absolute Gasteiger partial charge is 0.335 e. The Bertz CT molecular complexity index is 613. The number of anilines is 1. The van der Waals surface area contributed by atoms with Crippen LogP contribution in [-0.2, 0) is 9.59 Å². The molecule has 0 spiro atoms. The molecule has 4 amide bonds. The van der Waals surface area contributed by atoms with E-state index in [0.717, 1.165) is 41.7 Å². The zero-order chi connectivity index (χ0) is 16.4. The minimum absolute atomic E-state index is 0.171. The summed E-state index contributed by atoms with van der Waals surface area (Å²) in [5, 5.41) is 0. The number of imide groups is 2. The summed E-state index contributed by atoms with van der Waals surface area (Å²) in [6, 6.07) is 3.40. The summed E-state index contributed by atoms with van der Waals surface area (Å²) in [6.07, 6.45) is 3.52. The number of nitrogens with zero attached hydrogens (tertiary/aromatic N) is 5. The molecule has 0 bridgehead atoms. The first-order valence-electron chi connectivity index (χ1n) is 7.66. The summed E-state index contributed by atoms with van der Waals surface area (Å²) in [6.45, 7) is 5.11. The van der Waals surface area contributed by atoms with Gasteiger partial charge in [-0.3, -0.25) is 24.4 Å². The van der Waals surface area contributed by atoms with E-state index in [2.05, 4.69) is 9.88 Å². The number of carbonyl (C=O) groups is 3. The number of aromatic nitrogens is 1. The van der Waals surface area contributed by atoms with Gasteiger partial charge < -0.3 is 4.90 Å². The Morgan fingerprint density at radius 3 is 2.13 bits per heavy atom. The normalized spacial score (nSPS) is 19.9. The maximum atomic E-state index is 12.1. The van der Waals surface area contributed by atoms with Crippen molar-refractivity contribution in [3.05, 3.63) is 24.5 Å². The Kier molecular flexibility index (Phi) is 4.24. The van der Waals surface area contributed by atoms with Crippen molar-refractivity contribution in [3.63, 3.8) is 0 Å². The summed E-state index contributed by atoms with van der Waals surface area (Å²) in [4.78, 5) is 46.0. The van der Waals surface area contributed by atoms with Crippen LogP contribution in [0.1, 0.15) is 6.92 Å². The van der Waals surface area contributed by atoms with Crippen LogP contribution in [0, 0.1) is 0 Å². The van der Waals surface area contributed by atoms with Gasteiger partial charge in [-0.25, -0.2) is 9.69 Å². The molecule has 8 nitrogen and oxygen atoms in total. The second-order valence-electron chi connectivity index (χ2n) is 5.52. The number of pyridine rings is 1. The minimum atomic E-state index is -0.729. The second kappa shape index (κ2) is 6.33. The molecule has 0 aromatic carbocycles. The average Bonchev–Trinajstić information content (AvgIpc) is 2.79. The average molecular weight is 317 g/mol. The molecule has 0 saturated carbocycles. The van der Waals surface area contributed by atoms with Gasteiger partial charge in [0.1, 0.15) is 0 Å². The fourth-order valence-corrected chi connectivity index (χ4v) is 2.86. The Hall–Kier alpha value is -2.48. The van der Waals surface area contributed by atoms with Gasteiger partial charge in [0, 0.05) is 50.8 Å². The standard InChI is InChI=1S/C15H19N5O3/c1-2-19-13(21)14(22)20(15(19)23)11-17-7-9-18(10-8-17)12-3-5-16-6-4-12/h3-6H,2,7-11H2,1H3. The third-order valence-electron chi connectivity index (χ3n) is 4.19. The molecule has 3 rings (SSSR count). The van der Waals surface area contributed by atoms with Crippen LogP contribution in [0.2, 0.25) is 0 Å². The van der Waals surface area contributed by atoms with Gasteiger partial charge in [-0.15, -0.1) is 0 Å². The SMILES string of the molecule is CCN1C(=O)C(=O)N(CN2CCN(c3ccncc3)CC2)C1=O. The molecule has 2 saturated heterocycles. The summed E-state index contributed by atoms with van der Waals surface area (Å²) >= 11 is 0. The first kappa shape index (κ1) is 15.4. The van der Waals surface area contributed by atoms with Gasteiger partial charge in [0.15, 0.2) is 0 Å². The zero-order valence-corrected chi connectivity index (χ0v) is 13.0. The molecule has 1 aromatic rings. The summed E-state index contributed by atoms with van der Waals surface area (Å²) in [7, 11) is 0. The third kappa shape index (κ3) is 2.89. The van der Waals surface area contributed by atoms with Crippen molar-refractivity contribution in [2.24, 2.45) is 0 Å². The highest BCUT2D eigenvalue weighted by Crippen LogP contribution is 2.17. The van der Waals surface area contributed by atoms with Crippen LogP contribution in [-0.4, -0.2) is 76.9 Å². The molecule has 8 heteroatoms. The lowest BCUT2D eigenvalue weighted by molar-refractivity contribution is -0.143. The van der Waals surface area contributed by atoms with Crippen LogP contribution < -0.4 is 4.90 Å². The minimum Gasteiger partial charge on any atom is -0.369 e. The predicted molar refractivity (Wildman–Crippen MR) is 82.5 cm³/mol. The quantitative estimate of drug-likeness (QED) is 0.573. The van der Waals surface area contributed by atoms with Crippen LogP contribution in [0.5, 0.6) is 0 Å². The maximum absolute atomic E-state index is 12.1. The molecule has 23 heavy (non-hydrogen) atoms. The fraction of sp³-hybridized carbons (Fsp3) is 0.467.